The van der Waals surface area contributed by atoms with E-state index in [0.717, 1.165) is 91.6 Å². The lowest BCUT2D eigenvalue weighted by atomic mass is 10.2. The van der Waals surface area contributed by atoms with Gasteiger partial charge in [-0.3, -0.25) is 10.2 Å². The number of hydrogen-bond acceptors (Lipinski definition) is 16. The third-order valence-electron chi connectivity index (χ3n) is 10.1. The smallest absolute Gasteiger partial charge is 0.229 e. The molecule has 6 heterocycles. The van der Waals surface area contributed by atoms with Gasteiger partial charge in [-0.05, 0) is 114 Å². The number of nitrogens with zero attached hydrogens (tertiary/aromatic N) is 8. The Bertz CT molecular complexity index is 2700. The van der Waals surface area contributed by atoms with Crippen LogP contribution in [0.5, 0.6) is 0 Å². The molecule has 2 fully saturated rings. The molecule has 7 N–H and O–H groups in total. The molecule has 0 atom stereocenters. The van der Waals surface area contributed by atoms with Crippen LogP contribution in [0.1, 0.15) is 48.2 Å². The molecule has 61 heavy (non-hydrogen) atoms. The molecule has 2 aliphatic heterocycles. The second-order valence-electron chi connectivity index (χ2n) is 14.9. The Labute approximate surface area is 361 Å². The number of H-pyrrole nitrogens is 2. The molecule has 0 saturated carbocycles. The summed E-state index contributed by atoms with van der Waals surface area (Å²) in [5.74, 6) is 3.03. The summed E-state index contributed by atoms with van der Waals surface area (Å²) in [6.07, 6.45) is 10.2. The zero-order chi connectivity index (χ0) is 43.9. The Morgan fingerprint density at radius 1 is 0.639 bits per heavy atom. The van der Waals surface area contributed by atoms with Crippen LogP contribution in [0.2, 0.25) is 5.28 Å². The highest BCUT2D eigenvalue weighted by Crippen LogP contribution is 2.30. The number of hydrogen-bond donors (Lipinski definition) is 6. The average molecular weight is 892 g/mol. The Balaban J connectivity index is 0.000000169. The van der Waals surface area contributed by atoms with Gasteiger partial charge in [0.25, 0.3) is 0 Å². The predicted molar refractivity (Wildman–Crippen MR) is 241 cm³/mol. The lowest BCUT2D eigenvalue weighted by molar-refractivity contribution is 0.600. The number of nitrogens with two attached hydrogens (primary N) is 1. The van der Waals surface area contributed by atoms with Crippen LogP contribution in [0.4, 0.5) is 52.0 Å². The van der Waals surface area contributed by atoms with Gasteiger partial charge >= 0.3 is 0 Å². The number of sulfone groups is 2. The van der Waals surface area contributed by atoms with E-state index in [0.29, 0.717) is 39.7 Å². The highest BCUT2D eigenvalue weighted by molar-refractivity contribution is 7.91. The monoisotopic (exact) mass is 890 g/mol. The van der Waals surface area contributed by atoms with Gasteiger partial charge < -0.3 is 31.5 Å². The number of nitrogens with one attached hydrogen (secondary N) is 5. The largest absolute Gasteiger partial charge is 0.399 e. The topological polar surface area (TPSA) is 246 Å². The molecule has 0 spiro atoms. The summed E-state index contributed by atoms with van der Waals surface area (Å²) in [5.41, 5.74) is 12.7. The molecule has 0 unspecified atom stereocenters. The van der Waals surface area contributed by atoms with Crippen LogP contribution < -0.4 is 31.5 Å². The summed E-state index contributed by atoms with van der Waals surface area (Å²) in [7, 11) is -6.54. The van der Waals surface area contributed by atoms with Crippen molar-refractivity contribution in [1.82, 2.24) is 40.3 Å². The Kier molecular flexibility index (Phi) is 14.0. The van der Waals surface area contributed by atoms with E-state index in [2.05, 4.69) is 66.1 Å². The highest BCUT2D eigenvalue weighted by Gasteiger charge is 2.19. The summed E-state index contributed by atoms with van der Waals surface area (Å²) in [6.45, 7) is 11.7. The average Bonchev–Trinajstić information content (AvgIpc) is 4.05. The first-order chi connectivity index (χ1) is 28.9. The predicted octanol–water partition coefficient (Wildman–Crippen LogP) is 6.79. The minimum Gasteiger partial charge on any atom is -0.399 e. The molecule has 2 saturated heterocycles. The summed E-state index contributed by atoms with van der Waals surface area (Å²) in [6, 6.07) is 13.8. The first-order valence-electron chi connectivity index (χ1n) is 19.5. The normalized spacial score (nSPS) is 13.9. The van der Waals surface area contributed by atoms with E-state index in [9.17, 15) is 16.8 Å². The van der Waals surface area contributed by atoms with Crippen LogP contribution in [0.3, 0.4) is 0 Å². The van der Waals surface area contributed by atoms with Crippen molar-refractivity contribution < 1.29 is 16.8 Å². The molecule has 0 radical (unpaired) electrons. The van der Waals surface area contributed by atoms with Crippen molar-refractivity contribution >= 4 is 83.2 Å². The van der Waals surface area contributed by atoms with Crippen LogP contribution in [-0.4, -0.2) is 95.9 Å². The van der Waals surface area contributed by atoms with Gasteiger partial charge in [-0.2, -0.15) is 15.2 Å². The Hall–Kier alpha value is -5.99. The molecule has 2 aliphatic rings. The van der Waals surface area contributed by atoms with Crippen LogP contribution in [0.15, 0.2) is 70.7 Å². The summed E-state index contributed by atoms with van der Waals surface area (Å²) >= 11 is 5.67. The second kappa shape index (κ2) is 19.2. The molecule has 21 heteroatoms. The molecule has 18 nitrogen and oxygen atoms in total. The van der Waals surface area contributed by atoms with E-state index in [-0.39, 0.29) is 10.2 Å². The van der Waals surface area contributed by atoms with E-state index in [1.807, 2.05) is 39.8 Å². The number of rotatable bonds is 10. The van der Waals surface area contributed by atoms with E-state index >= 15 is 0 Å². The molecular formula is C40H51ClN14O4S2. The van der Waals surface area contributed by atoms with Crippen molar-refractivity contribution in [3.8, 4) is 0 Å². The quantitative estimate of drug-likeness (QED) is 0.0612. The van der Waals surface area contributed by atoms with Crippen LogP contribution in [-0.2, 0) is 19.7 Å². The third kappa shape index (κ3) is 12.1. The maximum atomic E-state index is 12.2. The Morgan fingerprint density at radius 2 is 1.11 bits per heavy atom. The number of benzene rings is 2. The summed E-state index contributed by atoms with van der Waals surface area (Å²) < 4.78 is 47.4. The van der Waals surface area contributed by atoms with Gasteiger partial charge in [0.1, 0.15) is 11.6 Å². The lowest BCUT2D eigenvalue weighted by Gasteiger charge is -2.20. The molecular weight excluding hydrogens is 840 g/mol. The molecule has 0 aliphatic carbocycles. The maximum Gasteiger partial charge on any atom is 0.229 e. The van der Waals surface area contributed by atoms with Crippen molar-refractivity contribution in [2.75, 3.05) is 70.2 Å². The van der Waals surface area contributed by atoms with Crippen LogP contribution >= 0.6 is 11.6 Å². The van der Waals surface area contributed by atoms with Gasteiger partial charge in [-0.15, -0.1) is 0 Å². The van der Waals surface area contributed by atoms with Gasteiger partial charge in [0.15, 0.2) is 31.3 Å². The van der Waals surface area contributed by atoms with E-state index in [1.165, 1.54) is 18.6 Å². The zero-order valence-electron chi connectivity index (χ0n) is 34.9. The summed E-state index contributed by atoms with van der Waals surface area (Å²) in [4.78, 5) is 21.5. The number of halogens is 1. The van der Waals surface area contributed by atoms with Gasteiger partial charge in [-0.25, -0.2) is 31.8 Å². The molecule has 8 rings (SSSR count). The van der Waals surface area contributed by atoms with Crippen molar-refractivity contribution in [2.24, 2.45) is 0 Å². The second-order valence-corrected chi connectivity index (χ2v) is 19.3. The Morgan fingerprint density at radius 3 is 1.59 bits per heavy atom. The van der Waals surface area contributed by atoms with Gasteiger partial charge in [0.2, 0.25) is 11.2 Å². The number of nitrogen functional groups attached to an aromatic ring is 1. The fourth-order valence-corrected chi connectivity index (χ4v) is 7.99. The minimum atomic E-state index is -3.35. The molecule has 4 aromatic heterocycles. The number of aromatic nitrogens is 8. The molecule has 0 bridgehead atoms. The molecule has 0 amide bonds. The third-order valence-corrected chi connectivity index (χ3v) is 12.5. The van der Waals surface area contributed by atoms with Gasteiger partial charge in [0.05, 0.1) is 9.79 Å². The lowest BCUT2D eigenvalue weighted by Crippen LogP contribution is -2.18. The van der Waals surface area contributed by atoms with Gasteiger partial charge in [-0.1, -0.05) is 0 Å². The van der Waals surface area contributed by atoms with E-state index in [4.69, 9.17) is 17.3 Å². The van der Waals surface area contributed by atoms with Crippen LogP contribution in [0, 0.1) is 27.7 Å². The number of anilines is 9. The minimum absolute atomic E-state index is 0.213. The standard InChI is InChI=1S/C20H25N7O2S.C11H16N2O2S.C9H10ClN5/c1-13-14(2)25-26-19(13)23-18-6-7-21-20(24-18)22-15-10-16(27-8-4-5-9-27)12-17(11-15)30(3,28)29;1-16(14,15)11-7-9(12)6-10(8-11)13-4-2-3-5-13;1-5-6(2)14-15-8(5)12-7-3-4-11-9(10)13-7/h6-7,10-12H,4-5,8-9H2,1-3H3,(H3,21,22,23,24,25,26);6-8H,2-5,12H2,1H3;3-4H,1-2H3,(H2,11,12,13,14,15). The fourth-order valence-electron chi connectivity index (χ4n) is 6.48. The molecule has 6 aromatic rings. The van der Waals surface area contributed by atoms with E-state index in [1.54, 1.807) is 42.7 Å². The first kappa shape index (κ1) is 44.6. The molecule has 324 valence electrons. The SMILES string of the molecule is CS(=O)(=O)c1cc(N)cc(N2CCCC2)c1.Cc1[nH]nc(Nc2ccnc(Cl)n2)c1C.Cc1[nH]nc(Nc2ccnc(Nc3cc(N4CCCC4)cc(S(C)(=O)=O)c3)n2)c1C. The maximum absolute atomic E-state index is 12.2. The first-order valence-corrected chi connectivity index (χ1v) is 23.7. The van der Waals surface area contributed by atoms with Crippen LogP contribution in [0.25, 0.3) is 0 Å². The number of aromatic amines is 2. The summed E-state index contributed by atoms with van der Waals surface area (Å²) in [5, 5.41) is 23.7. The highest BCUT2D eigenvalue weighted by atomic mass is 35.5. The van der Waals surface area contributed by atoms with E-state index < -0.39 is 19.7 Å². The zero-order valence-corrected chi connectivity index (χ0v) is 37.3. The fraction of sp³-hybridized carbons (Fsp3) is 0.350. The van der Waals surface area contributed by atoms with Crippen molar-refractivity contribution in [2.45, 2.75) is 63.2 Å². The van der Waals surface area contributed by atoms with Crippen molar-refractivity contribution in [3.05, 3.63) is 88.7 Å². The van der Waals surface area contributed by atoms with Gasteiger partial charge in [0, 0.05) is 96.3 Å². The molecule has 2 aromatic carbocycles. The number of aryl methyl sites for hydroxylation is 2. The van der Waals surface area contributed by atoms with Crippen molar-refractivity contribution in [3.63, 3.8) is 0 Å². The van der Waals surface area contributed by atoms with Crippen molar-refractivity contribution in [1.29, 1.82) is 0 Å².